The summed E-state index contributed by atoms with van der Waals surface area (Å²) < 4.78 is 32.6. The zero-order valence-electron chi connectivity index (χ0n) is 15.6. The first-order valence-corrected chi connectivity index (χ1v) is 11.6. The lowest BCUT2D eigenvalue weighted by molar-refractivity contribution is 0.104. The monoisotopic (exact) mass is 524 g/mol. The molecular formula is C22H15BrCl2O4S. The quantitative estimate of drug-likeness (QED) is 0.273. The van der Waals surface area contributed by atoms with Gasteiger partial charge >= 0.3 is 0 Å². The molecule has 0 aliphatic carbocycles. The van der Waals surface area contributed by atoms with Crippen molar-refractivity contribution in [1.82, 2.24) is 0 Å². The molecule has 0 saturated heterocycles. The zero-order valence-corrected chi connectivity index (χ0v) is 19.5. The van der Waals surface area contributed by atoms with Gasteiger partial charge in [0.15, 0.2) is 0 Å². The summed E-state index contributed by atoms with van der Waals surface area (Å²) >= 11 is 15.5. The van der Waals surface area contributed by atoms with Crippen molar-refractivity contribution < 1.29 is 17.9 Å². The van der Waals surface area contributed by atoms with Gasteiger partial charge in [-0.1, -0.05) is 45.2 Å². The van der Waals surface area contributed by atoms with Crippen LogP contribution in [0.15, 0.2) is 81.0 Å². The molecule has 0 heterocycles. The molecule has 3 aromatic carbocycles. The Labute approximate surface area is 193 Å². The largest absolute Gasteiger partial charge is 0.497 e. The van der Waals surface area contributed by atoms with Crippen molar-refractivity contribution in [3.05, 3.63) is 97.3 Å². The van der Waals surface area contributed by atoms with Gasteiger partial charge in [0, 0.05) is 20.1 Å². The van der Waals surface area contributed by atoms with Crippen LogP contribution in [-0.4, -0.2) is 21.3 Å². The van der Waals surface area contributed by atoms with E-state index in [1.54, 1.807) is 36.4 Å². The highest BCUT2D eigenvalue weighted by Gasteiger charge is 2.28. The molecule has 30 heavy (non-hydrogen) atoms. The molecule has 3 rings (SSSR count). The lowest BCUT2D eigenvalue weighted by Crippen LogP contribution is -2.14. The summed E-state index contributed by atoms with van der Waals surface area (Å²) in [6.45, 7) is 0. The average Bonchev–Trinajstić information content (AvgIpc) is 2.73. The summed E-state index contributed by atoms with van der Waals surface area (Å²) in [5.41, 5.74) is 0.588. The van der Waals surface area contributed by atoms with E-state index in [-0.39, 0.29) is 15.5 Å². The first-order valence-electron chi connectivity index (χ1n) is 8.58. The maximum absolute atomic E-state index is 13.4. The van der Waals surface area contributed by atoms with Gasteiger partial charge in [-0.3, -0.25) is 4.79 Å². The normalized spacial score (nSPS) is 11.9. The van der Waals surface area contributed by atoms with Crippen LogP contribution in [0.3, 0.4) is 0 Å². The van der Waals surface area contributed by atoms with Gasteiger partial charge < -0.3 is 4.74 Å². The molecule has 0 saturated carbocycles. The van der Waals surface area contributed by atoms with E-state index in [9.17, 15) is 13.2 Å². The minimum atomic E-state index is -4.16. The van der Waals surface area contributed by atoms with Gasteiger partial charge in [-0.05, 0) is 72.3 Å². The molecule has 4 nitrogen and oxygen atoms in total. The number of ether oxygens (including phenoxy) is 1. The molecule has 0 amide bonds. The predicted octanol–water partition coefficient (Wildman–Crippen LogP) is 6.46. The molecule has 154 valence electrons. The highest BCUT2D eigenvalue weighted by molar-refractivity contribution is 9.10. The van der Waals surface area contributed by atoms with Crippen LogP contribution >= 0.6 is 39.1 Å². The molecule has 3 aromatic rings. The van der Waals surface area contributed by atoms with Gasteiger partial charge in [0.05, 0.1) is 12.0 Å². The first kappa shape index (κ1) is 22.6. The molecule has 0 unspecified atom stereocenters. The summed E-state index contributed by atoms with van der Waals surface area (Å²) in [4.78, 5) is 12.8. The summed E-state index contributed by atoms with van der Waals surface area (Å²) in [6, 6.07) is 16.9. The zero-order chi connectivity index (χ0) is 21.9. The lowest BCUT2D eigenvalue weighted by Gasteiger charge is -2.11. The standard InChI is InChI=1S/C22H15BrCl2O4S/c1-29-18-8-10-19(11-9-18)30(27,28)21(12-15-4-7-17(24)13-20(15)25)22(26)14-2-5-16(23)6-3-14/h2-13H,1H3/b21-12+. The Bertz CT molecular complexity index is 1220. The Balaban J connectivity index is 2.18. The third-order valence-electron chi connectivity index (χ3n) is 4.24. The van der Waals surface area contributed by atoms with Crippen molar-refractivity contribution in [3.63, 3.8) is 0 Å². The number of ketones is 1. The average molecular weight is 526 g/mol. The van der Waals surface area contributed by atoms with E-state index in [0.29, 0.717) is 16.3 Å². The number of carbonyl (C=O) groups excluding carboxylic acids is 1. The van der Waals surface area contributed by atoms with E-state index in [2.05, 4.69) is 15.9 Å². The fraction of sp³-hybridized carbons (Fsp3) is 0.0455. The van der Waals surface area contributed by atoms with E-state index in [4.69, 9.17) is 27.9 Å². The van der Waals surface area contributed by atoms with Crippen LogP contribution in [0.2, 0.25) is 10.0 Å². The molecule has 0 N–H and O–H groups in total. The second-order valence-electron chi connectivity index (χ2n) is 6.19. The first-order chi connectivity index (χ1) is 14.2. The molecule has 0 aliphatic heterocycles. The molecule has 0 spiro atoms. The van der Waals surface area contributed by atoms with Crippen molar-refractivity contribution in [2.45, 2.75) is 4.90 Å². The Hall–Kier alpha value is -2.12. The number of halogens is 3. The number of sulfone groups is 1. The van der Waals surface area contributed by atoms with Crippen molar-refractivity contribution in [2.75, 3.05) is 7.11 Å². The molecule has 0 aromatic heterocycles. The number of allylic oxidation sites excluding steroid dienone is 1. The van der Waals surface area contributed by atoms with Crippen LogP contribution in [0.4, 0.5) is 0 Å². The number of Topliss-reactive ketones (excluding diaryl/α,β-unsaturated/α-hetero) is 1. The van der Waals surface area contributed by atoms with Crippen LogP contribution in [-0.2, 0) is 9.84 Å². The third kappa shape index (κ3) is 4.95. The summed E-state index contributed by atoms with van der Waals surface area (Å²) in [7, 11) is -2.68. The summed E-state index contributed by atoms with van der Waals surface area (Å²) in [5, 5.41) is 0.629. The van der Waals surface area contributed by atoms with Crippen molar-refractivity contribution >= 4 is 60.8 Å². The van der Waals surface area contributed by atoms with Crippen LogP contribution in [0.5, 0.6) is 5.75 Å². The lowest BCUT2D eigenvalue weighted by atomic mass is 10.1. The predicted molar refractivity (Wildman–Crippen MR) is 123 cm³/mol. The molecule has 0 atom stereocenters. The number of methoxy groups -OCH3 is 1. The SMILES string of the molecule is COc1ccc(S(=O)(=O)/C(=C/c2ccc(Cl)cc2Cl)C(=O)c2ccc(Br)cc2)cc1. The van der Waals surface area contributed by atoms with E-state index >= 15 is 0 Å². The fourth-order valence-electron chi connectivity index (χ4n) is 2.65. The van der Waals surface area contributed by atoms with Gasteiger partial charge in [-0.15, -0.1) is 0 Å². The van der Waals surface area contributed by atoms with Crippen LogP contribution in [0.1, 0.15) is 15.9 Å². The third-order valence-corrected chi connectivity index (χ3v) is 7.10. The van der Waals surface area contributed by atoms with Crippen molar-refractivity contribution in [3.8, 4) is 5.75 Å². The number of rotatable bonds is 6. The minimum absolute atomic E-state index is 0.0369. The van der Waals surface area contributed by atoms with Gasteiger partial charge in [-0.2, -0.15) is 0 Å². The van der Waals surface area contributed by atoms with Gasteiger partial charge in [0.25, 0.3) is 0 Å². The fourth-order valence-corrected chi connectivity index (χ4v) is 4.77. The smallest absolute Gasteiger partial charge is 0.210 e. The number of hydrogen-bond acceptors (Lipinski definition) is 4. The molecule has 8 heteroatoms. The maximum Gasteiger partial charge on any atom is 0.210 e. The van der Waals surface area contributed by atoms with Gasteiger partial charge in [0.2, 0.25) is 15.6 Å². The Morgan fingerprint density at radius 1 is 0.967 bits per heavy atom. The van der Waals surface area contributed by atoms with E-state index < -0.39 is 20.5 Å². The molecule has 0 fully saturated rings. The molecule has 0 radical (unpaired) electrons. The summed E-state index contributed by atoms with van der Waals surface area (Å²) in [5.74, 6) is -0.149. The Kier molecular flexibility index (Phi) is 7.03. The van der Waals surface area contributed by atoms with E-state index in [1.165, 1.54) is 43.5 Å². The summed E-state index contributed by atoms with van der Waals surface area (Å²) in [6.07, 6.45) is 1.27. The van der Waals surface area contributed by atoms with Gasteiger partial charge in [0.1, 0.15) is 10.7 Å². The van der Waals surface area contributed by atoms with Crippen LogP contribution < -0.4 is 4.74 Å². The van der Waals surface area contributed by atoms with Crippen LogP contribution in [0, 0.1) is 0 Å². The Morgan fingerprint density at radius 3 is 2.17 bits per heavy atom. The second-order valence-corrected chi connectivity index (χ2v) is 9.87. The Morgan fingerprint density at radius 2 is 1.60 bits per heavy atom. The van der Waals surface area contributed by atoms with Gasteiger partial charge in [-0.25, -0.2) is 8.42 Å². The molecular weight excluding hydrogens is 511 g/mol. The topological polar surface area (TPSA) is 60.4 Å². The highest BCUT2D eigenvalue weighted by Crippen LogP contribution is 2.30. The highest BCUT2D eigenvalue weighted by atomic mass is 79.9. The van der Waals surface area contributed by atoms with E-state index in [0.717, 1.165) is 4.47 Å². The maximum atomic E-state index is 13.4. The molecule has 0 bridgehead atoms. The number of benzene rings is 3. The second kappa shape index (κ2) is 9.35. The van der Waals surface area contributed by atoms with Crippen molar-refractivity contribution in [2.24, 2.45) is 0 Å². The number of carbonyl (C=O) groups is 1. The van der Waals surface area contributed by atoms with Crippen LogP contribution in [0.25, 0.3) is 6.08 Å². The minimum Gasteiger partial charge on any atom is -0.497 e. The number of hydrogen-bond donors (Lipinski definition) is 0. The molecule has 0 aliphatic rings. The van der Waals surface area contributed by atoms with Crippen molar-refractivity contribution in [1.29, 1.82) is 0 Å². The van der Waals surface area contributed by atoms with E-state index in [1.807, 2.05) is 0 Å².